The molecule has 0 saturated heterocycles. The average Bonchev–Trinajstić information content (AvgIpc) is 2.48. The van der Waals surface area contributed by atoms with Crippen molar-refractivity contribution >= 4 is 31.5 Å². The second-order valence-electron chi connectivity index (χ2n) is 4.71. The Hall–Kier alpha value is -2.10. The highest BCUT2D eigenvalue weighted by Gasteiger charge is 2.23. The molecular weight excluding hydrogens is 340 g/mol. The molecule has 7 nitrogen and oxygen atoms in total. The normalized spacial score (nSPS) is 12.1. The highest BCUT2D eigenvalue weighted by atomic mass is 32.2. The van der Waals surface area contributed by atoms with Gasteiger partial charge in [0.05, 0.1) is 15.5 Å². The number of nitrogens with zero attached hydrogens (tertiary/aromatic N) is 1. The van der Waals surface area contributed by atoms with Gasteiger partial charge >= 0.3 is 0 Å². The smallest absolute Gasteiger partial charge is 0.294 e. The summed E-state index contributed by atoms with van der Waals surface area (Å²) < 4.78 is 57.5. The molecule has 0 unspecified atom stereocenters. The van der Waals surface area contributed by atoms with Crippen LogP contribution in [-0.2, 0) is 20.1 Å². The molecule has 9 heteroatoms. The van der Waals surface area contributed by atoms with Crippen molar-refractivity contribution in [2.75, 3.05) is 16.6 Å². The first-order valence-corrected chi connectivity index (χ1v) is 9.50. The van der Waals surface area contributed by atoms with Crippen LogP contribution in [0.1, 0.15) is 6.92 Å². The molecule has 0 saturated carbocycles. The van der Waals surface area contributed by atoms with E-state index in [4.69, 9.17) is 10.3 Å². The van der Waals surface area contributed by atoms with Crippen molar-refractivity contribution in [3.8, 4) is 0 Å². The van der Waals surface area contributed by atoms with Crippen LogP contribution >= 0.6 is 0 Å². The summed E-state index contributed by atoms with van der Waals surface area (Å²) in [5.41, 5.74) is 6.30. The molecule has 3 N–H and O–H groups in total. The molecule has 0 radical (unpaired) electrons. The zero-order chi connectivity index (χ0) is 17.3. The molecule has 0 heterocycles. The molecule has 0 fully saturated rings. The van der Waals surface area contributed by atoms with E-state index < -0.39 is 20.1 Å². The van der Waals surface area contributed by atoms with Crippen molar-refractivity contribution < 1.29 is 21.4 Å². The van der Waals surface area contributed by atoms with Gasteiger partial charge in [0.25, 0.3) is 20.1 Å². The molecule has 0 amide bonds. The monoisotopic (exact) mass is 356 g/mol. The Morgan fingerprint density at radius 2 is 1.39 bits per heavy atom. The van der Waals surface area contributed by atoms with Crippen LogP contribution < -0.4 is 10.0 Å². The third-order valence-electron chi connectivity index (χ3n) is 3.18. The molecular formula is C14H16N2O5S2. The van der Waals surface area contributed by atoms with E-state index in [1.807, 2.05) is 0 Å². The third kappa shape index (κ3) is 3.63. The van der Waals surface area contributed by atoms with Gasteiger partial charge in [0.1, 0.15) is 0 Å². The zero-order valence-electron chi connectivity index (χ0n) is 12.2. The quantitative estimate of drug-likeness (QED) is 0.622. The van der Waals surface area contributed by atoms with Crippen molar-refractivity contribution in [3.05, 3.63) is 48.5 Å². The van der Waals surface area contributed by atoms with E-state index in [1.54, 1.807) is 6.92 Å². The van der Waals surface area contributed by atoms with Crippen molar-refractivity contribution in [3.63, 3.8) is 0 Å². The van der Waals surface area contributed by atoms with Crippen molar-refractivity contribution in [1.82, 2.24) is 0 Å². The second-order valence-corrected chi connectivity index (χ2v) is 7.99. The fourth-order valence-corrected chi connectivity index (χ4v) is 4.00. The lowest BCUT2D eigenvalue weighted by molar-refractivity contribution is 0.483. The van der Waals surface area contributed by atoms with Crippen LogP contribution in [0.25, 0.3) is 0 Å². The Labute approximate surface area is 135 Å². The fraction of sp³-hybridized carbons (Fsp3) is 0.143. The predicted molar refractivity (Wildman–Crippen MR) is 87.3 cm³/mol. The number of nitrogens with two attached hydrogens (primary N) is 1. The van der Waals surface area contributed by atoms with Crippen LogP contribution in [0.15, 0.2) is 58.3 Å². The van der Waals surface area contributed by atoms with E-state index in [9.17, 15) is 16.8 Å². The molecule has 0 aliphatic carbocycles. The molecule has 0 aromatic heterocycles. The molecule has 0 aliphatic heterocycles. The number of nitrogen functional groups attached to an aromatic ring is 1. The number of hydrogen-bond donors (Lipinski definition) is 2. The molecule has 2 rings (SSSR count). The standard InChI is InChI=1S/C14H16N2O5S2/c1-2-16(12-5-9-14(10-6-12)23(19,20)21)22(17,18)13-7-3-11(15)4-8-13/h3-10H,2,15H2,1H3,(H,19,20,21). The molecule has 0 bridgehead atoms. The second kappa shape index (κ2) is 6.19. The van der Waals surface area contributed by atoms with E-state index >= 15 is 0 Å². The molecule has 0 aliphatic rings. The SMILES string of the molecule is CCN(c1ccc(S(=O)(=O)O)cc1)S(=O)(=O)c1ccc(N)cc1. The Morgan fingerprint density at radius 1 is 0.913 bits per heavy atom. The molecule has 2 aromatic carbocycles. The largest absolute Gasteiger partial charge is 0.399 e. The molecule has 0 atom stereocenters. The van der Waals surface area contributed by atoms with Crippen molar-refractivity contribution in [1.29, 1.82) is 0 Å². The number of sulfonamides is 1. The van der Waals surface area contributed by atoms with Gasteiger partial charge in [-0.05, 0) is 55.5 Å². The first-order chi connectivity index (χ1) is 10.7. The van der Waals surface area contributed by atoms with Gasteiger partial charge in [-0.15, -0.1) is 0 Å². The average molecular weight is 356 g/mol. The minimum Gasteiger partial charge on any atom is -0.399 e. The summed E-state index contributed by atoms with van der Waals surface area (Å²) in [4.78, 5) is -0.227. The topological polar surface area (TPSA) is 118 Å². The Balaban J connectivity index is 2.44. The summed E-state index contributed by atoms with van der Waals surface area (Å²) in [6.07, 6.45) is 0. The van der Waals surface area contributed by atoms with Crippen LogP contribution in [0.3, 0.4) is 0 Å². The van der Waals surface area contributed by atoms with Gasteiger partial charge < -0.3 is 5.73 Å². The minimum atomic E-state index is -4.33. The van der Waals surface area contributed by atoms with Crippen molar-refractivity contribution in [2.24, 2.45) is 0 Å². The van der Waals surface area contributed by atoms with Gasteiger partial charge in [0, 0.05) is 12.2 Å². The molecule has 23 heavy (non-hydrogen) atoms. The lowest BCUT2D eigenvalue weighted by Crippen LogP contribution is -2.30. The molecule has 0 spiro atoms. The minimum absolute atomic E-state index is 0.0763. The van der Waals surface area contributed by atoms with E-state index in [-0.39, 0.29) is 22.0 Å². The van der Waals surface area contributed by atoms with Crippen LogP contribution in [0.4, 0.5) is 11.4 Å². The van der Waals surface area contributed by atoms with Crippen LogP contribution in [0.2, 0.25) is 0 Å². The highest BCUT2D eigenvalue weighted by Crippen LogP contribution is 2.25. The number of rotatable bonds is 5. The Kier molecular flexibility index (Phi) is 4.64. The lowest BCUT2D eigenvalue weighted by atomic mass is 10.3. The van der Waals surface area contributed by atoms with E-state index in [1.165, 1.54) is 36.4 Å². The maximum absolute atomic E-state index is 12.7. The van der Waals surface area contributed by atoms with Gasteiger partial charge in [-0.25, -0.2) is 8.42 Å². The Bertz CT molecular complexity index is 889. The number of benzene rings is 2. The summed E-state index contributed by atoms with van der Waals surface area (Å²) in [5, 5.41) is 0. The highest BCUT2D eigenvalue weighted by molar-refractivity contribution is 7.92. The van der Waals surface area contributed by atoms with Gasteiger partial charge in [-0.1, -0.05) is 0 Å². The maximum Gasteiger partial charge on any atom is 0.294 e. The van der Waals surface area contributed by atoms with Gasteiger partial charge in [0.2, 0.25) is 0 Å². The first-order valence-electron chi connectivity index (χ1n) is 6.62. The summed E-state index contributed by atoms with van der Waals surface area (Å²) in [6, 6.07) is 10.7. The van der Waals surface area contributed by atoms with Gasteiger partial charge in [-0.2, -0.15) is 8.42 Å². The van der Waals surface area contributed by atoms with E-state index in [0.717, 1.165) is 16.4 Å². The third-order valence-corrected chi connectivity index (χ3v) is 5.96. The van der Waals surface area contributed by atoms with Crippen LogP contribution in [0, 0.1) is 0 Å². The summed E-state index contributed by atoms with van der Waals surface area (Å²) >= 11 is 0. The summed E-state index contributed by atoms with van der Waals surface area (Å²) in [7, 11) is -8.13. The van der Waals surface area contributed by atoms with Gasteiger partial charge in [0.15, 0.2) is 0 Å². The lowest BCUT2D eigenvalue weighted by Gasteiger charge is -2.23. The summed E-state index contributed by atoms with van der Waals surface area (Å²) in [5.74, 6) is 0. The first kappa shape index (κ1) is 17.3. The maximum atomic E-state index is 12.7. The fourth-order valence-electron chi connectivity index (χ4n) is 2.04. The summed E-state index contributed by atoms with van der Waals surface area (Å²) in [6.45, 7) is 1.81. The zero-order valence-corrected chi connectivity index (χ0v) is 13.9. The van der Waals surface area contributed by atoms with Crippen LogP contribution in [0.5, 0.6) is 0 Å². The number of hydrogen-bond acceptors (Lipinski definition) is 5. The molecule has 2 aromatic rings. The molecule has 124 valence electrons. The van der Waals surface area contributed by atoms with E-state index in [0.29, 0.717) is 5.69 Å². The van der Waals surface area contributed by atoms with E-state index in [2.05, 4.69) is 0 Å². The number of anilines is 2. The van der Waals surface area contributed by atoms with Crippen LogP contribution in [-0.4, -0.2) is 27.9 Å². The van der Waals surface area contributed by atoms with Crippen molar-refractivity contribution in [2.45, 2.75) is 16.7 Å². The Morgan fingerprint density at radius 3 is 1.83 bits per heavy atom. The predicted octanol–water partition coefficient (Wildman–Crippen LogP) is 1.73. The van der Waals surface area contributed by atoms with Gasteiger partial charge in [-0.3, -0.25) is 8.86 Å².